The van der Waals surface area contributed by atoms with Crippen LogP contribution >= 0.6 is 0 Å². The van der Waals surface area contributed by atoms with E-state index in [-0.39, 0.29) is 59.1 Å². The zero-order chi connectivity index (χ0) is 28.8. The zero-order valence-corrected chi connectivity index (χ0v) is 24.6. The van der Waals surface area contributed by atoms with Crippen molar-refractivity contribution in [1.82, 2.24) is 10.6 Å². The molecule has 8 nitrogen and oxygen atoms in total. The molecule has 0 aromatic heterocycles. The summed E-state index contributed by atoms with van der Waals surface area (Å²) in [7, 11) is 0. The topological polar surface area (TPSA) is 95.1 Å². The molecule has 3 saturated heterocycles. The highest BCUT2D eigenvalue weighted by atomic mass is 19.1. The Morgan fingerprint density at radius 3 is 1.72 bits per heavy atom. The highest BCUT2D eigenvalue weighted by Gasteiger charge is 2.41. The quantitative estimate of drug-likeness (QED) is 0.507. The third-order valence-electron chi connectivity index (χ3n) is 7.58. The number of halogens is 1. The van der Waals surface area contributed by atoms with Crippen LogP contribution in [-0.4, -0.2) is 59.5 Å². The molecule has 218 valence electrons. The van der Waals surface area contributed by atoms with Crippen molar-refractivity contribution in [1.29, 1.82) is 0 Å². The van der Waals surface area contributed by atoms with E-state index in [0.717, 1.165) is 12.8 Å². The lowest BCUT2D eigenvalue weighted by molar-refractivity contribution is -0.216. The second-order valence-electron chi connectivity index (χ2n) is 14.1. The number of ether oxygens (including phenoxy) is 4. The standard InChI is InChI=1S/C30H45FN2O6/c1-27(2)12-20(13-28(3,4)32-27)38-24(34)19-16-36-26(37-17-19)18-9-10-22(23(31)11-18)25(35)39-21-14-29(5,6)33-30(7,8)15-21/h9-11,19-21,26,32-33H,12-17H2,1-8H3. The number of rotatable bonds is 5. The summed E-state index contributed by atoms with van der Waals surface area (Å²) in [5.41, 5.74) is -0.368. The number of carbonyl (C=O) groups excluding carboxylic acids is 2. The first-order valence-electron chi connectivity index (χ1n) is 14.0. The van der Waals surface area contributed by atoms with Gasteiger partial charge in [-0.3, -0.25) is 4.79 Å². The number of carbonyl (C=O) groups is 2. The Kier molecular flexibility index (Phi) is 8.22. The minimum atomic E-state index is -0.837. The summed E-state index contributed by atoms with van der Waals surface area (Å²) in [5.74, 6) is -2.29. The summed E-state index contributed by atoms with van der Waals surface area (Å²) in [6, 6.07) is 4.23. The third-order valence-corrected chi connectivity index (χ3v) is 7.58. The van der Waals surface area contributed by atoms with Crippen molar-refractivity contribution in [2.45, 2.75) is 122 Å². The predicted octanol–water partition coefficient (Wildman–Crippen LogP) is 4.81. The van der Waals surface area contributed by atoms with Crippen LogP contribution in [0.2, 0.25) is 0 Å². The molecule has 9 heteroatoms. The van der Waals surface area contributed by atoms with Gasteiger partial charge in [0.25, 0.3) is 0 Å². The number of esters is 2. The van der Waals surface area contributed by atoms with Crippen molar-refractivity contribution in [2.24, 2.45) is 5.92 Å². The van der Waals surface area contributed by atoms with Crippen molar-refractivity contribution >= 4 is 11.9 Å². The normalized spacial score (nSPS) is 28.4. The molecule has 3 fully saturated rings. The molecule has 0 radical (unpaired) electrons. The fraction of sp³-hybridized carbons (Fsp3) is 0.733. The number of piperidine rings is 2. The van der Waals surface area contributed by atoms with Crippen molar-refractivity contribution in [3.8, 4) is 0 Å². The highest BCUT2D eigenvalue weighted by Crippen LogP contribution is 2.33. The van der Waals surface area contributed by atoms with Crippen LogP contribution in [0.3, 0.4) is 0 Å². The van der Waals surface area contributed by atoms with E-state index in [1.54, 1.807) is 6.07 Å². The molecule has 0 atom stereocenters. The van der Waals surface area contributed by atoms with Crippen LogP contribution in [0, 0.1) is 11.7 Å². The van der Waals surface area contributed by atoms with Gasteiger partial charge in [0.05, 0.1) is 18.8 Å². The Labute approximate surface area is 231 Å². The van der Waals surface area contributed by atoms with Gasteiger partial charge in [0.1, 0.15) is 23.9 Å². The van der Waals surface area contributed by atoms with Gasteiger partial charge in [-0.2, -0.15) is 0 Å². The number of benzene rings is 1. The lowest BCUT2D eigenvalue weighted by Crippen LogP contribution is -2.60. The Bertz CT molecular complexity index is 1050. The summed E-state index contributed by atoms with van der Waals surface area (Å²) in [6.07, 6.45) is 1.39. The van der Waals surface area contributed by atoms with E-state index in [1.807, 2.05) is 0 Å². The predicted molar refractivity (Wildman–Crippen MR) is 145 cm³/mol. The molecule has 0 unspecified atom stereocenters. The second-order valence-corrected chi connectivity index (χ2v) is 14.1. The van der Waals surface area contributed by atoms with Crippen LogP contribution in [0.25, 0.3) is 0 Å². The molecule has 3 aliphatic rings. The first-order valence-corrected chi connectivity index (χ1v) is 14.0. The average Bonchev–Trinajstić information content (AvgIpc) is 2.74. The summed E-state index contributed by atoms with van der Waals surface area (Å²) < 4.78 is 38.1. The van der Waals surface area contributed by atoms with Gasteiger partial charge in [-0.15, -0.1) is 0 Å². The Balaban J connectivity index is 1.31. The minimum absolute atomic E-state index is 0.105. The van der Waals surface area contributed by atoms with Gasteiger partial charge >= 0.3 is 11.9 Å². The largest absolute Gasteiger partial charge is 0.462 e. The van der Waals surface area contributed by atoms with E-state index in [9.17, 15) is 9.59 Å². The summed E-state index contributed by atoms with van der Waals surface area (Å²) in [4.78, 5) is 25.6. The Morgan fingerprint density at radius 2 is 1.26 bits per heavy atom. The molecular formula is C30H45FN2O6. The van der Waals surface area contributed by atoms with Gasteiger partial charge in [-0.25, -0.2) is 9.18 Å². The minimum Gasteiger partial charge on any atom is -0.462 e. The van der Waals surface area contributed by atoms with Crippen LogP contribution in [-0.2, 0) is 23.7 Å². The molecule has 4 rings (SSSR count). The monoisotopic (exact) mass is 548 g/mol. The van der Waals surface area contributed by atoms with Crippen LogP contribution in [0.4, 0.5) is 4.39 Å². The van der Waals surface area contributed by atoms with Gasteiger partial charge in [0.2, 0.25) is 0 Å². The van der Waals surface area contributed by atoms with E-state index in [0.29, 0.717) is 18.4 Å². The smallest absolute Gasteiger partial charge is 0.341 e. The van der Waals surface area contributed by atoms with Crippen molar-refractivity contribution in [2.75, 3.05) is 13.2 Å². The molecule has 1 aromatic rings. The number of hydrogen-bond donors (Lipinski definition) is 2. The fourth-order valence-corrected chi connectivity index (χ4v) is 6.77. The first kappa shape index (κ1) is 29.9. The molecule has 0 saturated carbocycles. The average molecular weight is 549 g/mol. The summed E-state index contributed by atoms with van der Waals surface area (Å²) in [6.45, 7) is 16.9. The van der Waals surface area contributed by atoms with Gasteiger partial charge in [0.15, 0.2) is 6.29 Å². The zero-order valence-electron chi connectivity index (χ0n) is 24.6. The van der Waals surface area contributed by atoms with E-state index in [4.69, 9.17) is 18.9 Å². The first-order chi connectivity index (χ1) is 17.9. The van der Waals surface area contributed by atoms with Crippen molar-refractivity contribution in [3.05, 3.63) is 35.1 Å². The summed E-state index contributed by atoms with van der Waals surface area (Å²) >= 11 is 0. The second kappa shape index (κ2) is 10.7. The maximum Gasteiger partial charge on any atom is 0.341 e. The summed E-state index contributed by atoms with van der Waals surface area (Å²) in [5, 5.41) is 7.12. The van der Waals surface area contributed by atoms with Crippen LogP contribution in [0.5, 0.6) is 0 Å². The van der Waals surface area contributed by atoms with E-state index >= 15 is 4.39 Å². The van der Waals surface area contributed by atoms with E-state index in [1.165, 1.54) is 12.1 Å². The lowest BCUT2D eigenvalue weighted by Gasteiger charge is -2.46. The van der Waals surface area contributed by atoms with Crippen molar-refractivity contribution < 1.29 is 32.9 Å². The van der Waals surface area contributed by atoms with Crippen molar-refractivity contribution in [3.63, 3.8) is 0 Å². The maximum absolute atomic E-state index is 15.0. The molecule has 3 aliphatic heterocycles. The highest BCUT2D eigenvalue weighted by molar-refractivity contribution is 5.90. The Morgan fingerprint density at radius 1 is 0.795 bits per heavy atom. The molecule has 2 N–H and O–H groups in total. The van der Waals surface area contributed by atoms with Gasteiger partial charge in [0, 0.05) is 53.4 Å². The molecule has 0 amide bonds. The maximum atomic E-state index is 15.0. The van der Waals surface area contributed by atoms with Gasteiger partial charge < -0.3 is 29.6 Å². The van der Waals surface area contributed by atoms with E-state index < -0.39 is 24.0 Å². The molecule has 1 aromatic carbocycles. The Hall–Kier alpha value is -2.07. The van der Waals surface area contributed by atoms with Crippen LogP contribution < -0.4 is 10.6 Å². The fourth-order valence-electron chi connectivity index (χ4n) is 6.77. The van der Waals surface area contributed by atoms with E-state index in [2.05, 4.69) is 66.0 Å². The molecule has 3 heterocycles. The van der Waals surface area contributed by atoms with Gasteiger partial charge in [-0.1, -0.05) is 6.07 Å². The lowest BCUT2D eigenvalue weighted by atomic mass is 9.81. The molecule has 0 spiro atoms. The van der Waals surface area contributed by atoms with Crippen LogP contribution in [0.1, 0.15) is 103 Å². The molecular weight excluding hydrogens is 503 g/mol. The number of hydrogen-bond acceptors (Lipinski definition) is 8. The SMILES string of the molecule is CC1(C)CC(OC(=O)c2ccc(C3OCC(C(=O)OC4CC(C)(C)NC(C)(C)C4)CO3)cc2F)CC(C)(C)N1. The van der Waals surface area contributed by atoms with Crippen LogP contribution in [0.15, 0.2) is 18.2 Å². The third kappa shape index (κ3) is 7.78. The number of nitrogens with one attached hydrogen (secondary N) is 2. The van der Waals surface area contributed by atoms with Gasteiger partial charge in [-0.05, 0) is 67.5 Å². The molecule has 0 aliphatic carbocycles. The molecule has 39 heavy (non-hydrogen) atoms. The molecule has 0 bridgehead atoms.